The Kier molecular flexibility index (Phi) is 5.46. The Balaban J connectivity index is 2.15. The summed E-state index contributed by atoms with van der Waals surface area (Å²) in [5, 5.41) is 5.77. The average molecular weight is 325 g/mol. The highest BCUT2D eigenvalue weighted by Gasteiger charge is 2.19. The fourth-order valence-electron chi connectivity index (χ4n) is 1.89. The fraction of sp³-hybridized carbons (Fsp3) is 0.357. The molecule has 0 fully saturated rings. The molecule has 1 aromatic carbocycles. The van der Waals surface area contributed by atoms with Crippen molar-refractivity contribution in [3.05, 3.63) is 46.4 Å². The van der Waals surface area contributed by atoms with E-state index in [0.29, 0.717) is 6.54 Å². The van der Waals surface area contributed by atoms with E-state index in [2.05, 4.69) is 15.0 Å². The van der Waals surface area contributed by atoms with Crippen molar-refractivity contribution in [3.63, 3.8) is 0 Å². The Morgan fingerprint density at radius 1 is 1.38 bits per heavy atom. The average Bonchev–Trinajstić information content (AvgIpc) is 2.99. The Labute approximate surface area is 129 Å². The number of aromatic nitrogens is 1. The molecule has 114 valence electrons. The third-order valence-electron chi connectivity index (χ3n) is 2.94. The number of benzene rings is 1. The first kappa shape index (κ1) is 16.1. The molecule has 0 aliphatic heterocycles. The normalized spacial score (nSPS) is 13.2. The van der Waals surface area contributed by atoms with Crippen molar-refractivity contribution in [2.75, 3.05) is 6.54 Å². The van der Waals surface area contributed by atoms with Gasteiger partial charge < -0.3 is 5.32 Å². The van der Waals surface area contributed by atoms with Crippen LogP contribution < -0.4 is 10.0 Å². The molecule has 0 bridgehead atoms. The monoisotopic (exact) mass is 325 g/mol. The van der Waals surface area contributed by atoms with E-state index in [1.165, 1.54) is 11.3 Å². The van der Waals surface area contributed by atoms with E-state index in [1.54, 1.807) is 31.3 Å². The molecule has 2 aromatic rings. The van der Waals surface area contributed by atoms with Crippen LogP contribution in [0.4, 0.5) is 0 Å². The molecular weight excluding hydrogens is 306 g/mol. The van der Waals surface area contributed by atoms with E-state index in [4.69, 9.17) is 0 Å². The number of sulfonamides is 1. The summed E-state index contributed by atoms with van der Waals surface area (Å²) >= 11 is 1.43. The molecule has 5 nitrogen and oxygen atoms in total. The summed E-state index contributed by atoms with van der Waals surface area (Å²) in [6, 6.07) is 6.63. The number of hydrogen-bond donors (Lipinski definition) is 2. The van der Waals surface area contributed by atoms with Gasteiger partial charge in [0.2, 0.25) is 10.0 Å². The van der Waals surface area contributed by atoms with Crippen molar-refractivity contribution in [2.45, 2.75) is 31.3 Å². The lowest BCUT2D eigenvalue weighted by atomic mass is 10.2. The summed E-state index contributed by atoms with van der Waals surface area (Å²) in [4.78, 5) is 4.41. The minimum Gasteiger partial charge on any atom is -0.313 e. The lowest BCUT2D eigenvalue weighted by Crippen LogP contribution is -2.27. The van der Waals surface area contributed by atoms with Crippen LogP contribution in [0.2, 0.25) is 0 Å². The van der Waals surface area contributed by atoms with Crippen molar-refractivity contribution in [1.82, 2.24) is 15.0 Å². The second-order valence-electron chi connectivity index (χ2n) is 4.64. The molecule has 0 saturated carbocycles. The SMILES string of the molecule is CCNCc1cccc(S(=O)(=O)NC(C)c2nccs2)c1. The van der Waals surface area contributed by atoms with E-state index in [1.807, 2.05) is 18.4 Å². The zero-order chi connectivity index (χ0) is 15.3. The zero-order valence-corrected chi connectivity index (χ0v) is 13.7. The number of nitrogens with zero attached hydrogens (tertiary/aromatic N) is 1. The summed E-state index contributed by atoms with van der Waals surface area (Å²) in [5.41, 5.74) is 0.946. The van der Waals surface area contributed by atoms with E-state index in [-0.39, 0.29) is 10.9 Å². The van der Waals surface area contributed by atoms with Gasteiger partial charge in [-0.1, -0.05) is 19.1 Å². The summed E-state index contributed by atoms with van der Waals surface area (Å²) in [7, 11) is -3.54. The van der Waals surface area contributed by atoms with Gasteiger partial charge in [0, 0.05) is 18.1 Å². The minimum atomic E-state index is -3.54. The lowest BCUT2D eigenvalue weighted by molar-refractivity contribution is 0.566. The summed E-state index contributed by atoms with van der Waals surface area (Å²) in [6.07, 6.45) is 1.67. The smallest absolute Gasteiger partial charge is 0.241 e. The Hall–Kier alpha value is -1.28. The van der Waals surface area contributed by atoms with Gasteiger partial charge >= 0.3 is 0 Å². The van der Waals surface area contributed by atoms with Gasteiger partial charge in [-0.3, -0.25) is 0 Å². The van der Waals surface area contributed by atoms with E-state index >= 15 is 0 Å². The zero-order valence-electron chi connectivity index (χ0n) is 12.0. The third kappa shape index (κ3) is 4.34. The first-order valence-electron chi connectivity index (χ1n) is 6.74. The Bertz CT molecular complexity index is 669. The predicted molar refractivity (Wildman–Crippen MR) is 84.7 cm³/mol. The van der Waals surface area contributed by atoms with E-state index < -0.39 is 10.0 Å². The van der Waals surface area contributed by atoms with Crippen LogP contribution in [-0.4, -0.2) is 19.9 Å². The molecule has 0 saturated heterocycles. The Morgan fingerprint density at radius 2 is 2.19 bits per heavy atom. The molecule has 0 spiro atoms. The number of hydrogen-bond acceptors (Lipinski definition) is 5. The maximum atomic E-state index is 12.4. The quantitative estimate of drug-likeness (QED) is 0.819. The molecule has 0 aliphatic carbocycles. The topological polar surface area (TPSA) is 71.1 Å². The van der Waals surface area contributed by atoms with Gasteiger partial charge in [-0.05, 0) is 31.2 Å². The maximum Gasteiger partial charge on any atom is 0.241 e. The predicted octanol–water partition coefficient (Wildman–Crippen LogP) is 2.29. The van der Waals surface area contributed by atoms with E-state index in [9.17, 15) is 8.42 Å². The van der Waals surface area contributed by atoms with Crippen LogP contribution >= 0.6 is 11.3 Å². The first-order chi connectivity index (χ1) is 10.0. The Morgan fingerprint density at radius 3 is 2.86 bits per heavy atom. The van der Waals surface area contributed by atoms with Crippen molar-refractivity contribution >= 4 is 21.4 Å². The molecule has 1 unspecified atom stereocenters. The summed E-state index contributed by atoms with van der Waals surface area (Å²) in [6.45, 7) is 5.30. The first-order valence-corrected chi connectivity index (χ1v) is 9.10. The molecule has 0 radical (unpaired) electrons. The van der Waals surface area contributed by atoms with Gasteiger partial charge in [0.1, 0.15) is 5.01 Å². The van der Waals surface area contributed by atoms with Crippen molar-refractivity contribution in [2.24, 2.45) is 0 Å². The van der Waals surface area contributed by atoms with Crippen LogP contribution in [0.3, 0.4) is 0 Å². The second-order valence-corrected chi connectivity index (χ2v) is 7.28. The van der Waals surface area contributed by atoms with Crippen LogP contribution in [0.5, 0.6) is 0 Å². The molecular formula is C14H19N3O2S2. The molecule has 0 aliphatic rings. The van der Waals surface area contributed by atoms with Crippen LogP contribution in [-0.2, 0) is 16.6 Å². The van der Waals surface area contributed by atoms with Crippen LogP contribution in [0, 0.1) is 0 Å². The molecule has 1 aromatic heterocycles. The van der Waals surface area contributed by atoms with Crippen LogP contribution in [0.25, 0.3) is 0 Å². The molecule has 7 heteroatoms. The highest BCUT2D eigenvalue weighted by molar-refractivity contribution is 7.89. The third-order valence-corrected chi connectivity index (χ3v) is 5.44. The van der Waals surface area contributed by atoms with Crippen molar-refractivity contribution in [1.29, 1.82) is 0 Å². The van der Waals surface area contributed by atoms with Gasteiger partial charge in [0.05, 0.1) is 10.9 Å². The van der Waals surface area contributed by atoms with Crippen LogP contribution in [0.1, 0.15) is 30.5 Å². The van der Waals surface area contributed by atoms with Gasteiger partial charge in [-0.15, -0.1) is 11.3 Å². The van der Waals surface area contributed by atoms with Crippen molar-refractivity contribution in [3.8, 4) is 0 Å². The molecule has 21 heavy (non-hydrogen) atoms. The largest absolute Gasteiger partial charge is 0.313 e. The summed E-state index contributed by atoms with van der Waals surface area (Å²) < 4.78 is 27.5. The molecule has 1 heterocycles. The number of thiazole rings is 1. The van der Waals surface area contributed by atoms with Crippen molar-refractivity contribution < 1.29 is 8.42 Å². The van der Waals surface area contributed by atoms with E-state index in [0.717, 1.165) is 17.1 Å². The number of nitrogens with one attached hydrogen (secondary N) is 2. The van der Waals surface area contributed by atoms with Gasteiger partial charge in [0.15, 0.2) is 0 Å². The van der Waals surface area contributed by atoms with Gasteiger partial charge in [0.25, 0.3) is 0 Å². The highest BCUT2D eigenvalue weighted by Crippen LogP contribution is 2.19. The highest BCUT2D eigenvalue weighted by atomic mass is 32.2. The molecule has 1 atom stereocenters. The van der Waals surface area contributed by atoms with Crippen LogP contribution in [0.15, 0.2) is 40.7 Å². The van der Waals surface area contributed by atoms with Gasteiger partial charge in [-0.25, -0.2) is 18.1 Å². The molecule has 0 amide bonds. The summed E-state index contributed by atoms with van der Waals surface area (Å²) in [5.74, 6) is 0. The maximum absolute atomic E-state index is 12.4. The number of rotatable bonds is 7. The standard InChI is InChI=1S/C14H19N3O2S2/c1-3-15-10-12-5-4-6-13(9-12)21(18,19)17-11(2)14-16-7-8-20-14/h4-9,11,15,17H,3,10H2,1-2H3. The molecule has 2 N–H and O–H groups in total. The molecule has 2 rings (SSSR count). The lowest BCUT2D eigenvalue weighted by Gasteiger charge is -2.13. The fourth-order valence-corrected chi connectivity index (χ4v) is 3.89. The second kappa shape index (κ2) is 7.13. The van der Waals surface area contributed by atoms with Gasteiger partial charge in [-0.2, -0.15) is 0 Å². The minimum absolute atomic E-state index is 0.279.